The second-order valence-corrected chi connectivity index (χ2v) is 14.8. The van der Waals surface area contributed by atoms with Gasteiger partial charge in [-0.1, -0.05) is 6.07 Å². The summed E-state index contributed by atoms with van der Waals surface area (Å²) in [6.45, 7) is 0.201. The van der Waals surface area contributed by atoms with Crippen LogP contribution in [0.1, 0.15) is 86.1 Å². The number of halogens is 14. The van der Waals surface area contributed by atoms with Crippen molar-refractivity contribution in [2.75, 3.05) is 19.8 Å². The van der Waals surface area contributed by atoms with E-state index in [-0.39, 0.29) is 43.1 Å². The van der Waals surface area contributed by atoms with Crippen molar-refractivity contribution in [2.24, 2.45) is 29.6 Å². The molecule has 0 N–H and O–H groups in total. The summed E-state index contributed by atoms with van der Waals surface area (Å²) < 4.78 is 222. The molecule has 2 aliphatic carbocycles. The lowest BCUT2D eigenvalue weighted by molar-refractivity contribution is -0.229. The molecule has 0 aromatic heterocycles. The van der Waals surface area contributed by atoms with Crippen molar-refractivity contribution in [1.29, 1.82) is 0 Å². The van der Waals surface area contributed by atoms with Gasteiger partial charge in [0.2, 0.25) is 0 Å². The second kappa shape index (κ2) is 18.8. The number of alkyl halides is 14. The zero-order chi connectivity index (χ0) is 45.0. The minimum atomic E-state index is -5.82. The summed E-state index contributed by atoms with van der Waals surface area (Å²) in [5.74, 6) is -14.0. The van der Waals surface area contributed by atoms with E-state index in [1.165, 1.54) is 19.1 Å². The van der Waals surface area contributed by atoms with Crippen LogP contribution in [0.5, 0.6) is 17.2 Å². The van der Waals surface area contributed by atoms with Gasteiger partial charge in [0.05, 0.1) is 30.3 Å². The average molecular weight is 889 g/mol. The van der Waals surface area contributed by atoms with Gasteiger partial charge in [-0.3, -0.25) is 9.59 Å². The van der Waals surface area contributed by atoms with Crippen molar-refractivity contribution in [3.63, 3.8) is 0 Å². The van der Waals surface area contributed by atoms with Crippen molar-refractivity contribution < 1.29 is 94.7 Å². The van der Waals surface area contributed by atoms with Crippen LogP contribution in [0.4, 0.5) is 61.5 Å². The number of rotatable bonds is 15. The second-order valence-electron chi connectivity index (χ2n) is 14.8. The third-order valence-electron chi connectivity index (χ3n) is 10.8. The fourth-order valence-electron chi connectivity index (χ4n) is 7.23. The van der Waals surface area contributed by atoms with Gasteiger partial charge < -0.3 is 23.7 Å². The summed E-state index contributed by atoms with van der Waals surface area (Å²) in [4.78, 5) is 25.4. The number of hydrogen-bond acceptors (Lipinski definition) is 7. The van der Waals surface area contributed by atoms with Gasteiger partial charge in [-0.05, 0) is 101 Å². The standard InChI is InChI=1S/C39H42F14O7/c1-4-56-29-15-16-30(32(37(47,48)49)31(29)36(44,45)46)60-39(52,53)25-12-8-23(9-13-25)34(55)58-19-26(35(41,42)43)18-57-33(54)22-6-10-24(11-7-22)38(50,51)59-28-14-5-20(2)21(3)27(28)17-40/h5,14-16,22-26H,4,6-13,17-19H2,1-3H3. The topological polar surface area (TPSA) is 80.3 Å². The maximum atomic E-state index is 15.2. The van der Waals surface area contributed by atoms with E-state index >= 15 is 17.6 Å². The van der Waals surface area contributed by atoms with E-state index in [9.17, 15) is 53.5 Å². The minimum Gasteiger partial charge on any atom is -0.493 e. The van der Waals surface area contributed by atoms with Crippen LogP contribution in [0.15, 0.2) is 24.3 Å². The Morgan fingerprint density at radius 1 is 0.617 bits per heavy atom. The van der Waals surface area contributed by atoms with Crippen molar-refractivity contribution in [1.82, 2.24) is 0 Å². The summed E-state index contributed by atoms with van der Waals surface area (Å²) in [6.07, 6.45) is -28.0. The molecule has 0 heterocycles. The molecule has 2 saturated carbocycles. The van der Waals surface area contributed by atoms with Gasteiger partial charge in [-0.15, -0.1) is 0 Å². The molecule has 0 spiro atoms. The number of benzene rings is 2. The Morgan fingerprint density at radius 3 is 1.42 bits per heavy atom. The Bertz CT molecular complexity index is 1790. The van der Waals surface area contributed by atoms with Crippen LogP contribution in [0, 0.1) is 43.4 Å². The maximum Gasteiger partial charge on any atom is 0.420 e. The van der Waals surface area contributed by atoms with E-state index in [1.54, 1.807) is 13.8 Å². The molecule has 338 valence electrons. The molecular weight excluding hydrogens is 846 g/mol. The van der Waals surface area contributed by atoms with Gasteiger partial charge in [0.25, 0.3) is 0 Å². The number of ether oxygens (including phenoxy) is 5. The third-order valence-corrected chi connectivity index (χ3v) is 10.8. The smallest absolute Gasteiger partial charge is 0.420 e. The molecule has 0 saturated heterocycles. The first kappa shape index (κ1) is 48.5. The maximum absolute atomic E-state index is 15.2. The molecule has 0 aliphatic heterocycles. The molecule has 7 nitrogen and oxygen atoms in total. The number of aryl methyl sites for hydroxylation is 1. The van der Waals surface area contributed by atoms with E-state index in [2.05, 4.69) is 9.47 Å². The Balaban J connectivity index is 1.29. The number of esters is 2. The first-order valence-electron chi connectivity index (χ1n) is 18.8. The Kier molecular flexibility index (Phi) is 15.2. The van der Waals surface area contributed by atoms with E-state index in [4.69, 9.17) is 14.2 Å². The van der Waals surface area contributed by atoms with Gasteiger partial charge >= 0.3 is 42.7 Å². The minimum absolute atomic E-state index is 0.0411. The van der Waals surface area contributed by atoms with E-state index in [0.29, 0.717) is 17.2 Å². The first-order valence-corrected chi connectivity index (χ1v) is 18.8. The molecule has 60 heavy (non-hydrogen) atoms. The molecule has 2 aromatic rings. The third kappa shape index (κ3) is 11.8. The zero-order valence-electron chi connectivity index (χ0n) is 32.3. The monoisotopic (exact) mass is 888 g/mol. The van der Waals surface area contributed by atoms with Crippen LogP contribution in [0.3, 0.4) is 0 Å². The Hall–Kier alpha value is -4.20. The molecule has 21 heteroatoms. The summed E-state index contributed by atoms with van der Waals surface area (Å²) in [5, 5.41) is 0. The van der Waals surface area contributed by atoms with Crippen molar-refractivity contribution in [3.8, 4) is 17.2 Å². The molecule has 2 aliphatic rings. The zero-order valence-corrected chi connectivity index (χ0v) is 32.3. The first-order chi connectivity index (χ1) is 27.7. The normalized spacial score (nSPS) is 21.2. The lowest BCUT2D eigenvalue weighted by atomic mass is 9.81. The quantitative estimate of drug-likeness (QED) is 0.130. The molecule has 0 amide bonds. The summed E-state index contributed by atoms with van der Waals surface area (Å²) in [5.41, 5.74) is -3.84. The summed E-state index contributed by atoms with van der Waals surface area (Å²) in [7, 11) is 0. The van der Waals surface area contributed by atoms with Gasteiger partial charge in [0.1, 0.15) is 54.2 Å². The number of carbonyl (C=O) groups is 2. The summed E-state index contributed by atoms with van der Waals surface area (Å²) >= 11 is 0. The molecule has 2 fully saturated rings. The predicted octanol–water partition coefficient (Wildman–Crippen LogP) is 11.7. The number of hydrogen-bond donors (Lipinski definition) is 0. The molecule has 4 rings (SSSR count). The van der Waals surface area contributed by atoms with Crippen LogP contribution in [-0.4, -0.2) is 50.2 Å². The van der Waals surface area contributed by atoms with E-state index in [1.807, 2.05) is 0 Å². The van der Waals surface area contributed by atoms with Crippen LogP contribution in [-0.2, 0) is 38.1 Å². The van der Waals surface area contributed by atoms with Crippen molar-refractivity contribution >= 4 is 11.9 Å². The highest BCUT2D eigenvalue weighted by atomic mass is 19.4. The van der Waals surface area contributed by atoms with Crippen LogP contribution in [0.25, 0.3) is 0 Å². The van der Waals surface area contributed by atoms with Crippen LogP contribution < -0.4 is 14.2 Å². The SMILES string of the molecule is CCOc1ccc(OC(F)(F)C2CCC(C(=O)OCC(COC(=O)C3CCC(C(F)(F)Oc4ccc(C)c(C)c4CF)CC3)C(F)(F)F)CC2)c(C(F)(F)F)c1C(F)(F)F. The van der Waals surface area contributed by atoms with Gasteiger partial charge in [-0.2, -0.15) is 57.1 Å². The van der Waals surface area contributed by atoms with E-state index < -0.39 is 147 Å². The van der Waals surface area contributed by atoms with Crippen molar-refractivity contribution in [3.05, 3.63) is 52.1 Å². The lowest BCUT2D eigenvalue weighted by Crippen LogP contribution is -2.40. The van der Waals surface area contributed by atoms with E-state index in [0.717, 1.165) is 0 Å². The van der Waals surface area contributed by atoms with Crippen LogP contribution in [0.2, 0.25) is 0 Å². The van der Waals surface area contributed by atoms with Crippen molar-refractivity contribution in [2.45, 2.75) is 110 Å². The van der Waals surface area contributed by atoms with Gasteiger partial charge in [0, 0.05) is 5.56 Å². The number of carbonyl (C=O) groups excluding carboxylic acids is 2. The summed E-state index contributed by atoms with van der Waals surface area (Å²) in [6, 6.07) is 3.38. The molecular formula is C39H42F14O7. The highest BCUT2D eigenvalue weighted by Gasteiger charge is 2.52. The van der Waals surface area contributed by atoms with Crippen LogP contribution >= 0.6 is 0 Å². The molecule has 1 atom stereocenters. The van der Waals surface area contributed by atoms with Gasteiger partial charge in [-0.25, -0.2) is 4.39 Å². The predicted molar refractivity (Wildman–Crippen MR) is 182 cm³/mol. The molecule has 1 unspecified atom stereocenters. The Morgan fingerprint density at radius 2 is 1.02 bits per heavy atom. The highest BCUT2D eigenvalue weighted by Crippen LogP contribution is 2.51. The Labute approximate surface area is 335 Å². The average Bonchev–Trinajstić information content (AvgIpc) is 3.15. The molecule has 0 radical (unpaired) electrons. The fourth-order valence-corrected chi connectivity index (χ4v) is 7.23. The lowest BCUT2D eigenvalue weighted by Gasteiger charge is -2.33. The molecule has 0 bridgehead atoms. The van der Waals surface area contributed by atoms with Gasteiger partial charge in [0.15, 0.2) is 0 Å². The molecule has 2 aromatic carbocycles. The largest absolute Gasteiger partial charge is 0.493 e. The highest BCUT2D eigenvalue weighted by molar-refractivity contribution is 5.73. The fraction of sp³-hybridized carbons (Fsp3) is 0.641.